The van der Waals surface area contributed by atoms with Gasteiger partial charge in [0.15, 0.2) is 5.82 Å². The number of amides is 1. The van der Waals surface area contributed by atoms with Crippen LogP contribution in [0.5, 0.6) is 0 Å². The maximum atomic E-state index is 15.0. The summed E-state index contributed by atoms with van der Waals surface area (Å²) in [6.45, 7) is 4.50. The van der Waals surface area contributed by atoms with Crippen molar-refractivity contribution in [3.8, 4) is 11.5 Å². The van der Waals surface area contributed by atoms with E-state index in [4.69, 9.17) is 4.52 Å². The van der Waals surface area contributed by atoms with Crippen molar-refractivity contribution in [2.24, 2.45) is 0 Å². The Morgan fingerprint density at radius 1 is 1.12 bits per heavy atom. The van der Waals surface area contributed by atoms with E-state index >= 15 is 0 Å². The highest BCUT2D eigenvalue weighted by Crippen LogP contribution is 2.29. The number of nitrogens with zero attached hydrogens (tertiary/aromatic N) is 5. The Morgan fingerprint density at radius 3 is 2.44 bits per heavy atom. The van der Waals surface area contributed by atoms with Gasteiger partial charge in [0.05, 0.1) is 5.69 Å². The minimum atomic E-state index is -0.342. The topological polar surface area (TPSA) is 65.7 Å². The van der Waals surface area contributed by atoms with Gasteiger partial charge in [-0.3, -0.25) is 9.69 Å². The predicted molar refractivity (Wildman–Crippen MR) is 121 cm³/mol. The van der Waals surface area contributed by atoms with Gasteiger partial charge < -0.3 is 14.3 Å². The number of aryl methyl sites for hydroxylation is 1. The highest BCUT2D eigenvalue weighted by Gasteiger charge is 2.32. The molecule has 1 saturated heterocycles. The fraction of sp³-hybridized carbons (Fsp3) is 0.375. The second kappa shape index (κ2) is 9.48. The summed E-state index contributed by atoms with van der Waals surface area (Å²) in [5.74, 6) is 0.647. The van der Waals surface area contributed by atoms with Gasteiger partial charge in [0, 0.05) is 52.3 Å². The third-order valence-corrected chi connectivity index (χ3v) is 5.79. The molecule has 7 nitrogen and oxygen atoms in total. The van der Waals surface area contributed by atoms with Crippen LogP contribution < -0.4 is 4.90 Å². The van der Waals surface area contributed by atoms with Gasteiger partial charge in [-0.05, 0) is 23.8 Å². The highest BCUT2D eigenvalue weighted by atomic mass is 19.1. The Hall–Kier alpha value is -3.26. The molecule has 4 rings (SSSR count). The van der Waals surface area contributed by atoms with Crippen LogP contribution in [0.3, 0.4) is 0 Å². The number of hydrogen-bond donors (Lipinski definition) is 0. The smallest absolute Gasteiger partial charge is 0.258 e. The van der Waals surface area contributed by atoms with Gasteiger partial charge in [-0.15, -0.1) is 0 Å². The van der Waals surface area contributed by atoms with Gasteiger partial charge in [-0.1, -0.05) is 42.4 Å². The molecule has 0 bridgehead atoms. The minimum absolute atomic E-state index is 0.0474. The largest absolute Gasteiger partial charge is 0.367 e. The van der Waals surface area contributed by atoms with Crippen molar-refractivity contribution < 1.29 is 13.7 Å². The number of rotatable bonds is 6. The first-order chi connectivity index (χ1) is 15.5. The highest BCUT2D eigenvalue weighted by molar-refractivity contribution is 5.83. The van der Waals surface area contributed by atoms with Crippen LogP contribution in [-0.4, -0.2) is 66.1 Å². The van der Waals surface area contributed by atoms with Gasteiger partial charge in [-0.2, -0.15) is 4.98 Å². The summed E-state index contributed by atoms with van der Waals surface area (Å²) in [6.07, 6.45) is 0.661. The molecular weight excluding hydrogens is 409 g/mol. The summed E-state index contributed by atoms with van der Waals surface area (Å²) in [5, 5.41) is 3.87. The van der Waals surface area contributed by atoms with Gasteiger partial charge in [-0.25, -0.2) is 4.39 Å². The van der Waals surface area contributed by atoms with Crippen LogP contribution in [0.2, 0.25) is 0 Å². The third-order valence-electron chi connectivity index (χ3n) is 5.79. The van der Waals surface area contributed by atoms with Crippen molar-refractivity contribution in [3.05, 3.63) is 65.7 Å². The standard InChI is InChI=1S/C24H28FN5O2/c1-4-21-26-23(32-27-21)18-10-11-20(19(25)16-18)29-12-14-30(15-13-29)22(24(31)28(2)3)17-8-6-5-7-9-17/h5-11,16,22H,4,12-15H2,1-3H3. The molecule has 1 amide bonds. The molecule has 0 aliphatic carbocycles. The fourth-order valence-electron chi connectivity index (χ4n) is 4.02. The molecule has 0 N–H and O–H groups in total. The van der Waals surface area contributed by atoms with E-state index in [1.807, 2.05) is 42.2 Å². The maximum absolute atomic E-state index is 15.0. The van der Waals surface area contributed by atoms with Crippen LogP contribution in [0.1, 0.15) is 24.4 Å². The van der Waals surface area contributed by atoms with Crippen molar-refractivity contribution in [1.82, 2.24) is 19.9 Å². The monoisotopic (exact) mass is 437 g/mol. The molecule has 0 spiro atoms. The number of halogens is 1. The first-order valence-corrected chi connectivity index (χ1v) is 10.9. The van der Waals surface area contributed by atoms with E-state index in [2.05, 4.69) is 15.0 Å². The van der Waals surface area contributed by atoms with Gasteiger partial charge in [0.2, 0.25) is 5.91 Å². The third kappa shape index (κ3) is 4.50. The number of carbonyl (C=O) groups is 1. The molecule has 1 aliphatic heterocycles. The molecule has 1 fully saturated rings. The molecule has 1 aliphatic rings. The predicted octanol–water partition coefficient (Wildman–Crippen LogP) is 3.39. The van der Waals surface area contributed by atoms with Gasteiger partial charge in [0.1, 0.15) is 11.9 Å². The number of aromatic nitrogens is 2. The SMILES string of the molecule is CCc1noc(-c2ccc(N3CCN(C(C(=O)N(C)C)c4ccccc4)CC3)c(F)c2)n1. The molecule has 0 saturated carbocycles. The normalized spacial score (nSPS) is 15.6. The summed E-state index contributed by atoms with van der Waals surface area (Å²) >= 11 is 0. The van der Waals surface area contributed by atoms with E-state index in [1.165, 1.54) is 6.07 Å². The van der Waals surface area contributed by atoms with E-state index in [0.29, 0.717) is 55.6 Å². The van der Waals surface area contributed by atoms with Crippen molar-refractivity contribution in [1.29, 1.82) is 0 Å². The second-order valence-corrected chi connectivity index (χ2v) is 8.10. The summed E-state index contributed by atoms with van der Waals surface area (Å²) in [7, 11) is 3.55. The van der Waals surface area contributed by atoms with Crippen molar-refractivity contribution in [2.75, 3.05) is 45.2 Å². The van der Waals surface area contributed by atoms with Crippen LogP contribution in [0, 0.1) is 5.82 Å². The molecular formula is C24H28FN5O2. The van der Waals surface area contributed by atoms with Crippen LogP contribution in [-0.2, 0) is 11.2 Å². The van der Waals surface area contributed by atoms with Crippen LogP contribution >= 0.6 is 0 Å². The Labute approximate surface area is 187 Å². The molecule has 1 unspecified atom stereocenters. The van der Waals surface area contributed by atoms with Crippen molar-refractivity contribution >= 4 is 11.6 Å². The fourth-order valence-corrected chi connectivity index (χ4v) is 4.02. The lowest BCUT2D eigenvalue weighted by Crippen LogP contribution is -2.51. The Morgan fingerprint density at radius 2 is 1.84 bits per heavy atom. The summed E-state index contributed by atoms with van der Waals surface area (Å²) in [4.78, 5) is 23.0. The van der Waals surface area contributed by atoms with Gasteiger partial charge in [0.25, 0.3) is 5.89 Å². The van der Waals surface area contributed by atoms with Crippen LogP contribution in [0.15, 0.2) is 53.1 Å². The number of piperazine rings is 1. The van der Waals surface area contributed by atoms with Crippen molar-refractivity contribution in [3.63, 3.8) is 0 Å². The van der Waals surface area contributed by atoms with E-state index < -0.39 is 0 Å². The molecule has 2 heterocycles. The van der Waals surface area contributed by atoms with E-state index in [9.17, 15) is 9.18 Å². The van der Waals surface area contributed by atoms with Gasteiger partial charge >= 0.3 is 0 Å². The Kier molecular flexibility index (Phi) is 6.50. The van der Waals surface area contributed by atoms with Crippen LogP contribution in [0.4, 0.5) is 10.1 Å². The summed E-state index contributed by atoms with van der Waals surface area (Å²) in [5.41, 5.74) is 2.08. The Balaban J connectivity index is 1.48. The maximum Gasteiger partial charge on any atom is 0.258 e. The number of carbonyl (C=O) groups excluding carboxylic acids is 1. The second-order valence-electron chi connectivity index (χ2n) is 8.10. The molecule has 3 aromatic rings. The minimum Gasteiger partial charge on any atom is -0.367 e. The molecule has 168 valence electrons. The quantitative estimate of drug-likeness (QED) is 0.589. The molecule has 32 heavy (non-hydrogen) atoms. The summed E-state index contributed by atoms with van der Waals surface area (Å²) in [6, 6.07) is 14.5. The zero-order chi connectivity index (χ0) is 22.7. The van der Waals surface area contributed by atoms with E-state index in [1.54, 1.807) is 31.1 Å². The molecule has 1 atom stereocenters. The molecule has 0 radical (unpaired) electrons. The average molecular weight is 438 g/mol. The first-order valence-electron chi connectivity index (χ1n) is 10.9. The van der Waals surface area contributed by atoms with Crippen LogP contribution in [0.25, 0.3) is 11.5 Å². The zero-order valence-electron chi connectivity index (χ0n) is 18.7. The summed E-state index contributed by atoms with van der Waals surface area (Å²) < 4.78 is 20.2. The van der Waals surface area contributed by atoms with E-state index in [-0.39, 0.29) is 17.8 Å². The average Bonchev–Trinajstić information content (AvgIpc) is 3.30. The molecule has 2 aromatic carbocycles. The Bertz CT molecular complexity index is 1060. The molecule has 8 heteroatoms. The van der Waals surface area contributed by atoms with Crippen molar-refractivity contribution in [2.45, 2.75) is 19.4 Å². The lowest BCUT2D eigenvalue weighted by atomic mass is 10.0. The number of benzene rings is 2. The number of anilines is 1. The lowest BCUT2D eigenvalue weighted by molar-refractivity contribution is -0.134. The van der Waals surface area contributed by atoms with E-state index in [0.717, 1.165) is 5.56 Å². The lowest BCUT2D eigenvalue weighted by Gasteiger charge is -2.40. The number of hydrogen-bond acceptors (Lipinski definition) is 6. The number of likely N-dealkylation sites (N-methyl/N-ethyl adjacent to an activating group) is 1. The molecule has 1 aromatic heterocycles. The first kappa shape index (κ1) is 22.0. The zero-order valence-corrected chi connectivity index (χ0v) is 18.7.